The lowest BCUT2D eigenvalue weighted by molar-refractivity contribution is -0.384. The first-order valence-electron chi connectivity index (χ1n) is 9.85. The first-order valence-corrected chi connectivity index (χ1v) is 9.85. The minimum Gasteiger partial charge on any atom is -0.375 e. The summed E-state index contributed by atoms with van der Waals surface area (Å²) in [6.45, 7) is 0.369. The average Bonchev–Trinajstić information content (AvgIpc) is 3.00. The third-order valence-corrected chi connectivity index (χ3v) is 5.52. The zero-order valence-electron chi connectivity index (χ0n) is 16.6. The summed E-state index contributed by atoms with van der Waals surface area (Å²) in [6, 6.07) is 21.7. The number of Topliss-reactive ketones (excluding diaryl/α,β-unsaturated/α-hetero) is 1. The predicted molar refractivity (Wildman–Crippen MR) is 115 cm³/mol. The van der Waals surface area contributed by atoms with Gasteiger partial charge < -0.3 is 10.0 Å². The molecular formula is C24H20N2O5. The number of nitro benzene ring substituents is 1. The van der Waals surface area contributed by atoms with Gasteiger partial charge in [-0.15, -0.1) is 0 Å². The lowest BCUT2D eigenvalue weighted by atomic mass is 9.88. The molecule has 0 aromatic heterocycles. The van der Waals surface area contributed by atoms with E-state index in [0.29, 0.717) is 24.2 Å². The summed E-state index contributed by atoms with van der Waals surface area (Å²) in [5, 5.41) is 22.2. The van der Waals surface area contributed by atoms with Gasteiger partial charge in [-0.05, 0) is 30.2 Å². The van der Waals surface area contributed by atoms with Crippen molar-refractivity contribution in [2.24, 2.45) is 0 Å². The van der Waals surface area contributed by atoms with Gasteiger partial charge in [-0.25, -0.2) is 0 Å². The molecule has 7 heteroatoms. The van der Waals surface area contributed by atoms with Crippen molar-refractivity contribution in [2.45, 2.75) is 18.4 Å². The molecule has 0 spiro atoms. The lowest BCUT2D eigenvalue weighted by Crippen LogP contribution is -2.42. The summed E-state index contributed by atoms with van der Waals surface area (Å²) in [5.41, 5.74) is 0.124. The first-order chi connectivity index (χ1) is 14.9. The topological polar surface area (TPSA) is 101 Å². The van der Waals surface area contributed by atoms with E-state index >= 15 is 0 Å². The Labute approximate surface area is 178 Å². The van der Waals surface area contributed by atoms with Gasteiger partial charge in [0.2, 0.25) is 0 Å². The predicted octanol–water partition coefficient (Wildman–Crippen LogP) is 3.64. The molecular weight excluding hydrogens is 396 g/mol. The molecule has 1 heterocycles. The number of carbonyl (C=O) groups is 2. The number of aliphatic hydroxyl groups is 1. The highest BCUT2D eigenvalue weighted by Gasteiger charge is 2.50. The van der Waals surface area contributed by atoms with Gasteiger partial charge >= 0.3 is 0 Å². The highest BCUT2D eigenvalue weighted by atomic mass is 16.6. The van der Waals surface area contributed by atoms with Crippen LogP contribution in [-0.4, -0.2) is 28.3 Å². The molecule has 0 aliphatic carbocycles. The molecule has 0 saturated carbocycles. The number of hydrogen-bond donors (Lipinski definition) is 1. The third-order valence-electron chi connectivity index (χ3n) is 5.52. The summed E-state index contributed by atoms with van der Waals surface area (Å²) in [6.07, 6.45) is 0.162. The molecule has 0 fully saturated rings. The van der Waals surface area contributed by atoms with E-state index in [1.54, 1.807) is 24.3 Å². The fourth-order valence-electron chi connectivity index (χ4n) is 3.89. The molecule has 1 aliphatic heterocycles. The second-order valence-corrected chi connectivity index (χ2v) is 7.47. The van der Waals surface area contributed by atoms with Crippen LogP contribution in [0.1, 0.15) is 27.9 Å². The molecule has 7 nitrogen and oxygen atoms in total. The second kappa shape index (κ2) is 8.12. The number of nitro groups is 1. The van der Waals surface area contributed by atoms with Crippen LogP contribution in [0.2, 0.25) is 0 Å². The Morgan fingerprint density at radius 1 is 0.968 bits per heavy atom. The summed E-state index contributed by atoms with van der Waals surface area (Å²) in [4.78, 5) is 37.9. The number of ketones is 1. The van der Waals surface area contributed by atoms with Crippen molar-refractivity contribution < 1.29 is 19.6 Å². The Kier molecular flexibility index (Phi) is 5.35. The van der Waals surface area contributed by atoms with Gasteiger partial charge in [0.15, 0.2) is 11.4 Å². The molecule has 3 aromatic carbocycles. The quantitative estimate of drug-likeness (QED) is 0.360. The summed E-state index contributed by atoms with van der Waals surface area (Å²) in [5.74, 6) is -1.01. The zero-order valence-corrected chi connectivity index (χ0v) is 16.6. The maximum absolute atomic E-state index is 13.3. The third kappa shape index (κ3) is 3.83. The van der Waals surface area contributed by atoms with E-state index in [-0.39, 0.29) is 11.3 Å². The Balaban J connectivity index is 1.58. The Hall–Kier alpha value is -3.84. The Morgan fingerprint density at radius 2 is 1.61 bits per heavy atom. The van der Waals surface area contributed by atoms with Crippen molar-refractivity contribution in [2.75, 3.05) is 11.4 Å². The van der Waals surface area contributed by atoms with Crippen molar-refractivity contribution in [3.05, 3.63) is 106 Å². The SMILES string of the molecule is O=C(CC1(O)C(=O)N(CCc2ccccc2)c2ccccc21)c1ccc([N+](=O)[O-])cc1. The molecule has 1 N–H and O–H groups in total. The highest BCUT2D eigenvalue weighted by Crippen LogP contribution is 2.42. The van der Waals surface area contributed by atoms with E-state index in [0.717, 1.165) is 5.56 Å². The summed E-state index contributed by atoms with van der Waals surface area (Å²) < 4.78 is 0. The number of fused-ring (bicyclic) bond motifs is 1. The van der Waals surface area contributed by atoms with E-state index in [4.69, 9.17) is 0 Å². The van der Waals surface area contributed by atoms with Gasteiger partial charge in [-0.2, -0.15) is 0 Å². The van der Waals surface area contributed by atoms with E-state index in [2.05, 4.69) is 0 Å². The number of benzene rings is 3. The molecule has 0 radical (unpaired) electrons. The number of carbonyl (C=O) groups excluding carboxylic acids is 2. The molecule has 31 heavy (non-hydrogen) atoms. The monoisotopic (exact) mass is 416 g/mol. The van der Waals surface area contributed by atoms with E-state index in [1.165, 1.54) is 29.2 Å². The molecule has 0 bridgehead atoms. The van der Waals surface area contributed by atoms with Crippen LogP contribution in [-0.2, 0) is 16.8 Å². The van der Waals surface area contributed by atoms with Crippen LogP contribution >= 0.6 is 0 Å². The smallest absolute Gasteiger partial charge is 0.269 e. The van der Waals surface area contributed by atoms with Gasteiger partial charge in [0.05, 0.1) is 17.0 Å². The maximum atomic E-state index is 13.3. The molecule has 1 amide bonds. The van der Waals surface area contributed by atoms with Crippen molar-refractivity contribution in [1.82, 2.24) is 0 Å². The van der Waals surface area contributed by atoms with Crippen molar-refractivity contribution >= 4 is 23.1 Å². The van der Waals surface area contributed by atoms with Crippen LogP contribution in [0.25, 0.3) is 0 Å². The van der Waals surface area contributed by atoms with Crippen LogP contribution in [0, 0.1) is 10.1 Å². The highest BCUT2D eigenvalue weighted by molar-refractivity contribution is 6.10. The number of rotatable bonds is 7. The second-order valence-electron chi connectivity index (χ2n) is 7.47. The fourth-order valence-corrected chi connectivity index (χ4v) is 3.89. The Morgan fingerprint density at radius 3 is 2.29 bits per heavy atom. The number of non-ortho nitro benzene ring substituents is 1. The fraction of sp³-hybridized carbons (Fsp3) is 0.167. The number of hydrogen-bond acceptors (Lipinski definition) is 5. The van der Waals surface area contributed by atoms with E-state index in [9.17, 15) is 24.8 Å². The number of amides is 1. The largest absolute Gasteiger partial charge is 0.375 e. The molecule has 3 aromatic rings. The summed E-state index contributed by atoms with van der Waals surface area (Å²) >= 11 is 0. The van der Waals surface area contributed by atoms with Crippen molar-refractivity contribution in [3.8, 4) is 0 Å². The normalized spacial score (nSPS) is 17.5. The van der Waals surface area contributed by atoms with Crippen LogP contribution in [0.4, 0.5) is 11.4 Å². The number of para-hydroxylation sites is 1. The van der Waals surface area contributed by atoms with Crippen molar-refractivity contribution in [3.63, 3.8) is 0 Å². The Bertz CT molecular complexity index is 1140. The van der Waals surface area contributed by atoms with Gasteiger partial charge in [0.1, 0.15) is 0 Å². The minimum atomic E-state index is -1.98. The van der Waals surface area contributed by atoms with Crippen molar-refractivity contribution in [1.29, 1.82) is 0 Å². The molecule has 1 atom stereocenters. The molecule has 1 aliphatic rings. The van der Waals surface area contributed by atoms with Crippen LogP contribution in [0.5, 0.6) is 0 Å². The molecule has 4 rings (SSSR count). The van der Waals surface area contributed by atoms with Crippen LogP contribution < -0.4 is 4.90 Å². The maximum Gasteiger partial charge on any atom is 0.269 e. The summed E-state index contributed by atoms with van der Waals surface area (Å²) in [7, 11) is 0. The van der Waals surface area contributed by atoms with Crippen LogP contribution in [0.3, 0.4) is 0 Å². The van der Waals surface area contributed by atoms with Gasteiger partial charge in [0.25, 0.3) is 11.6 Å². The van der Waals surface area contributed by atoms with Crippen LogP contribution in [0.15, 0.2) is 78.9 Å². The number of nitrogens with zero attached hydrogens (tertiary/aromatic N) is 2. The lowest BCUT2D eigenvalue weighted by Gasteiger charge is -2.23. The van der Waals surface area contributed by atoms with Gasteiger partial charge in [-0.1, -0.05) is 48.5 Å². The number of anilines is 1. The first kappa shape index (κ1) is 20.4. The van der Waals surface area contributed by atoms with E-state index < -0.39 is 28.6 Å². The zero-order chi connectivity index (χ0) is 22.0. The average molecular weight is 416 g/mol. The standard InChI is InChI=1S/C24H20N2O5/c27-22(18-10-12-19(13-11-18)26(30)31)16-24(29)20-8-4-5-9-21(20)25(23(24)28)15-14-17-6-2-1-3-7-17/h1-13,29H,14-16H2. The van der Waals surface area contributed by atoms with Gasteiger partial charge in [-0.3, -0.25) is 19.7 Å². The molecule has 156 valence electrons. The molecule has 1 unspecified atom stereocenters. The minimum absolute atomic E-state index is 0.135. The van der Waals surface area contributed by atoms with E-state index in [1.807, 2.05) is 30.3 Å². The van der Waals surface area contributed by atoms with Gasteiger partial charge in [0, 0.05) is 29.8 Å². The molecule has 0 saturated heterocycles.